The molecule has 0 spiro atoms. The van der Waals surface area contributed by atoms with E-state index in [9.17, 15) is 0 Å². The van der Waals surface area contributed by atoms with Gasteiger partial charge in [-0.25, -0.2) is 4.42 Å². The second-order valence-corrected chi connectivity index (χ2v) is 6.38. The van der Waals surface area contributed by atoms with Crippen LogP contribution >= 0.6 is 0 Å². The van der Waals surface area contributed by atoms with E-state index in [-0.39, 0.29) is 0 Å². The van der Waals surface area contributed by atoms with Gasteiger partial charge in [-0.2, -0.15) is 0 Å². The highest BCUT2D eigenvalue weighted by Crippen LogP contribution is 2.34. The lowest BCUT2D eigenvalue weighted by molar-refractivity contribution is 0.409. The van der Waals surface area contributed by atoms with Crippen molar-refractivity contribution < 1.29 is 13.9 Å². The van der Waals surface area contributed by atoms with Crippen molar-refractivity contribution in [3.05, 3.63) is 90.2 Å². The van der Waals surface area contributed by atoms with Crippen LogP contribution in [0.15, 0.2) is 83.3 Å². The lowest BCUT2D eigenvalue weighted by Gasteiger charge is -2.03. The Bertz CT molecular complexity index is 1110. The number of ether oxygens (including phenoxy) is 2. The molecule has 0 amide bonds. The maximum Gasteiger partial charge on any atom is 0.402 e. The van der Waals surface area contributed by atoms with Crippen molar-refractivity contribution in [2.24, 2.45) is 0 Å². The van der Waals surface area contributed by atoms with Crippen molar-refractivity contribution in [2.45, 2.75) is 0 Å². The highest BCUT2D eigenvalue weighted by atomic mass is 16.5. The zero-order chi connectivity index (χ0) is 19.3. The zero-order valence-electron chi connectivity index (χ0n) is 15.9. The van der Waals surface area contributed by atoms with E-state index in [0.717, 1.165) is 44.9 Å². The van der Waals surface area contributed by atoms with Crippen molar-refractivity contribution >= 4 is 23.1 Å². The minimum Gasteiger partial charge on any atom is -0.497 e. The standard InChI is InChI=1S/C25H21O3/c1-26-21-14-11-18(12-15-21)13-16-23-22(19-7-4-3-5-8-19)17-20-9-6-10-24(27-2)25(20)28-23/h3-17H,1-2H3/q+1/b16-13+. The predicted molar refractivity (Wildman–Crippen MR) is 115 cm³/mol. The average Bonchev–Trinajstić information content (AvgIpc) is 2.77. The topological polar surface area (TPSA) is 29.8 Å². The summed E-state index contributed by atoms with van der Waals surface area (Å²) in [5.74, 6) is 2.33. The van der Waals surface area contributed by atoms with E-state index in [1.54, 1.807) is 14.2 Å². The fourth-order valence-corrected chi connectivity index (χ4v) is 3.16. The monoisotopic (exact) mass is 369 g/mol. The Morgan fingerprint density at radius 2 is 1.54 bits per heavy atom. The molecule has 0 radical (unpaired) electrons. The highest BCUT2D eigenvalue weighted by Gasteiger charge is 2.21. The van der Waals surface area contributed by atoms with Crippen molar-refractivity contribution in [2.75, 3.05) is 14.2 Å². The molecule has 3 aromatic carbocycles. The minimum absolute atomic E-state index is 0.719. The van der Waals surface area contributed by atoms with Gasteiger partial charge in [0.1, 0.15) is 5.75 Å². The van der Waals surface area contributed by atoms with Crippen molar-refractivity contribution in [1.29, 1.82) is 0 Å². The van der Waals surface area contributed by atoms with Crippen molar-refractivity contribution in [1.82, 2.24) is 0 Å². The van der Waals surface area contributed by atoms with Gasteiger partial charge in [-0.15, -0.1) is 0 Å². The van der Waals surface area contributed by atoms with Crippen LogP contribution in [0.4, 0.5) is 0 Å². The molecule has 0 bridgehead atoms. The number of benzene rings is 3. The summed E-state index contributed by atoms with van der Waals surface area (Å²) in [5.41, 5.74) is 3.94. The second kappa shape index (κ2) is 7.97. The smallest absolute Gasteiger partial charge is 0.402 e. The van der Waals surface area contributed by atoms with Crippen molar-refractivity contribution in [3.63, 3.8) is 0 Å². The molecular formula is C25H21O3+. The summed E-state index contributed by atoms with van der Waals surface area (Å²) in [6, 6.07) is 26.2. The zero-order valence-corrected chi connectivity index (χ0v) is 15.9. The van der Waals surface area contributed by atoms with Gasteiger partial charge < -0.3 is 9.47 Å². The molecule has 28 heavy (non-hydrogen) atoms. The number of hydrogen-bond donors (Lipinski definition) is 0. The van der Waals surface area contributed by atoms with Crippen LogP contribution in [-0.4, -0.2) is 14.2 Å². The van der Waals surface area contributed by atoms with E-state index < -0.39 is 0 Å². The quantitative estimate of drug-likeness (QED) is 0.373. The lowest BCUT2D eigenvalue weighted by atomic mass is 10.0. The van der Waals surface area contributed by atoms with Crippen LogP contribution < -0.4 is 9.47 Å². The van der Waals surface area contributed by atoms with Crippen LogP contribution in [0.5, 0.6) is 11.5 Å². The van der Waals surface area contributed by atoms with Crippen molar-refractivity contribution in [3.8, 4) is 22.6 Å². The Hall–Kier alpha value is -3.59. The third-order valence-corrected chi connectivity index (χ3v) is 4.63. The predicted octanol–water partition coefficient (Wildman–Crippen LogP) is 6.57. The molecule has 0 aliphatic heterocycles. The van der Waals surface area contributed by atoms with Gasteiger partial charge in [0, 0.05) is 6.08 Å². The molecule has 0 N–H and O–H groups in total. The molecule has 3 heteroatoms. The number of rotatable bonds is 5. The molecule has 0 saturated carbocycles. The Morgan fingerprint density at radius 1 is 0.750 bits per heavy atom. The van der Waals surface area contributed by atoms with E-state index in [2.05, 4.69) is 18.2 Å². The number of methoxy groups -OCH3 is 2. The van der Waals surface area contributed by atoms with Crippen LogP contribution in [0.1, 0.15) is 11.3 Å². The van der Waals surface area contributed by atoms with Crippen LogP contribution in [0.2, 0.25) is 0 Å². The maximum atomic E-state index is 6.30. The summed E-state index contributed by atoms with van der Waals surface area (Å²) in [6.45, 7) is 0. The average molecular weight is 369 g/mol. The third kappa shape index (κ3) is 3.60. The van der Waals surface area contributed by atoms with E-state index in [4.69, 9.17) is 13.9 Å². The molecule has 1 aromatic heterocycles. The van der Waals surface area contributed by atoms with Gasteiger partial charge in [-0.1, -0.05) is 48.5 Å². The maximum absolute atomic E-state index is 6.30. The Labute approximate surface area is 164 Å². The molecule has 4 aromatic rings. The van der Waals surface area contributed by atoms with E-state index in [1.165, 1.54) is 0 Å². The summed E-state index contributed by atoms with van der Waals surface area (Å²) in [7, 11) is 3.32. The molecule has 0 fully saturated rings. The summed E-state index contributed by atoms with van der Waals surface area (Å²) in [5, 5.41) is 1.000. The number of fused-ring (bicyclic) bond motifs is 1. The molecule has 3 nitrogen and oxygen atoms in total. The Balaban J connectivity index is 1.84. The molecule has 4 rings (SSSR count). The summed E-state index contributed by atoms with van der Waals surface area (Å²) in [4.78, 5) is 0. The molecule has 0 atom stereocenters. The second-order valence-electron chi connectivity index (χ2n) is 6.38. The normalized spacial score (nSPS) is 11.1. The van der Waals surface area contributed by atoms with E-state index in [0.29, 0.717) is 0 Å². The van der Waals surface area contributed by atoms with Gasteiger partial charge in [0.25, 0.3) is 0 Å². The highest BCUT2D eigenvalue weighted by molar-refractivity contribution is 5.90. The Kier molecular flexibility index (Phi) is 5.07. The van der Waals surface area contributed by atoms with Gasteiger partial charge in [0.2, 0.25) is 5.75 Å². The molecule has 0 aliphatic carbocycles. The number of para-hydroxylation sites is 1. The largest absolute Gasteiger partial charge is 0.497 e. The molecule has 0 aliphatic rings. The SMILES string of the molecule is COc1ccc(/C=C/c2[o+]c3c(OC)cccc3cc2-c2ccccc2)cc1. The van der Waals surface area contributed by atoms with Gasteiger partial charge in [-0.05, 0) is 47.5 Å². The molecule has 0 unspecified atom stereocenters. The lowest BCUT2D eigenvalue weighted by Crippen LogP contribution is -1.89. The minimum atomic E-state index is 0.719. The van der Waals surface area contributed by atoms with Gasteiger partial charge >= 0.3 is 11.3 Å². The van der Waals surface area contributed by atoms with Crippen LogP contribution in [0.3, 0.4) is 0 Å². The Morgan fingerprint density at radius 3 is 2.25 bits per heavy atom. The number of hydrogen-bond acceptors (Lipinski definition) is 2. The fraction of sp³-hybridized carbons (Fsp3) is 0.0800. The molecule has 1 heterocycles. The first kappa shape index (κ1) is 17.8. The first-order chi connectivity index (χ1) is 13.8. The summed E-state index contributed by atoms with van der Waals surface area (Å²) in [6.07, 6.45) is 4.03. The third-order valence-electron chi connectivity index (χ3n) is 4.63. The van der Waals surface area contributed by atoms with E-state index in [1.807, 2.05) is 72.8 Å². The molecule has 0 saturated heterocycles. The fourth-order valence-electron chi connectivity index (χ4n) is 3.16. The van der Waals surface area contributed by atoms with E-state index >= 15 is 0 Å². The molecular weight excluding hydrogens is 348 g/mol. The first-order valence-corrected chi connectivity index (χ1v) is 9.10. The van der Waals surface area contributed by atoms with Crippen LogP contribution in [0, 0.1) is 0 Å². The van der Waals surface area contributed by atoms with Crippen LogP contribution in [0.25, 0.3) is 34.2 Å². The summed E-state index contributed by atoms with van der Waals surface area (Å²) >= 11 is 0. The summed E-state index contributed by atoms with van der Waals surface area (Å²) < 4.78 is 17.0. The van der Waals surface area contributed by atoms with Crippen LogP contribution in [-0.2, 0) is 0 Å². The molecule has 138 valence electrons. The first-order valence-electron chi connectivity index (χ1n) is 9.10. The van der Waals surface area contributed by atoms with Gasteiger partial charge in [0.15, 0.2) is 0 Å². The van der Waals surface area contributed by atoms with Gasteiger partial charge in [-0.3, -0.25) is 0 Å². The van der Waals surface area contributed by atoms with Gasteiger partial charge in [0.05, 0.1) is 25.2 Å².